The van der Waals surface area contributed by atoms with Crippen LogP contribution in [-0.4, -0.2) is 35.3 Å². The first-order valence-corrected chi connectivity index (χ1v) is 11.4. The number of thioether (sulfide) groups is 1. The van der Waals surface area contributed by atoms with Crippen LogP contribution < -0.4 is 22.3 Å². The molecule has 0 aromatic rings. The van der Waals surface area contributed by atoms with Gasteiger partial charge < -0.3 is 11.1 Å². The number of carbonyl (C=O) groups is 3. The molecule has 0 unspecified atom stereocenters. The van der Waals surface area contributed by atoms with Gasteiger partial charge in [-0.25, -0.2) is 5.84 Å². The second-order valence-corrected chi connectivity index (χ2v) is 8.67. The van der Waals surface area contributed by atoms with Crippen molar-refractivity contribution in [2.75, 3.05) is 11.5 Å². The minimum Gasteiger partial charge on any atom is -0.370 e. The van der Waals surface area contributed by atoms with E-state index in [2.05, 4.69) is 56.7 Å². The fraction of sp³-hybridized carbons (Fsp3) is 0.591. The Kier molecular flexibility index (Phi) is 15.6. The van der Waals surface area contributed by atoms with Gasteiger partial charge in [0.25, 0.3) is 5.91 Å². The Hall–Kier alpha value is -2.06. The molecule has 0 spiro atoms. The number of nitrogens with two attached hydrogens (primary N) is 2. The summed E-state index contributed by atoms with van der Waals surface area (Å²) >= 11 is 1.53. The molecule has 30 heavy (non-hydrogen) atoms. The summed E-state index contributed by atoms with van der Waals surface area (Å²) < 4.78 is 0. The highest BCUT2D eigenvalue weighted by atomic mass is 32.2. The van der Waals surface area contributed by atoms with Crippen molar-refractivity contribution < 1.29 is 14.4 Å². The van der Waals surface area contributed by atoms with Crippen LogP contribution in [0, 0.1) is 0 Å². The highest BCUT2D eigenvalue weighted by Gasteiger charge is 2.19. The lowest BCUT2D eigenvalue weighted by molar-refractivity contribution is -0.129. The summed E-state index contributed by atoms with van der Waals surface area (Å²) in [4.78, 5) is 34.4. The Morgan fingerprint density at radius 1 is 0.900 bits per heavy atom. The molecule has 6 N–H and O–H groups in total. The van der Waals surface area contributed by atoms with Crippen molar-refractivity contribution in [3.8, 4) is 0 Å². The van der Waals surface area contributed by atoms with Crippen molar-refractivity contribution in [2.45, 2.75) is 72.3 Å². The molecule has 0 fully saturated rings. The summed E-state index contributed by atoms with van der Waals surface area (Å²) in [6.45, 7) is 8.51. The third-order valence-corrected chi connectivity index (χ3v) is 5.32. The maximum absolute atomic E-state index is 11.8. The molecule has 7 nitrogen and oxygen atoms in total. The minimum absolute atomic E-state index is 0.0470. The molecule has 0 aliphatic carbocycles. The van der Waals surface area contributed by atoms with Crippen LogP contribution in [0.25, 0.3) is 0 Å². The van der Waals surface area contributed by atoms with E-state index in [0.29, 0.717) is 5.75 Å². The molecule has 0 aliphatic heterocycles. The van der Waals surface area contributed by atoms with Gasteiger partial charge in [0.1, 0.15) is 6.04 Å². The van der Waals surface area contributed by atoms with E-state index < -0.39 is 23.8 Å². The van der Waals surface area contributed by atoms with Crippen molar-refractivity contribution in [2.24, 2.45) is 11.6 Å². The van der Waals surface area contributed by atoms with Gasteiger partial charge >= 0.3 is 0 Å². The Labute approximate surface area is 185 Å². The van der Waals surface area contributed by atoms with E-state index in [1.165, 1.54) is 28.5 Å². The lowest BCUT2D eigenvalue weighted by atomic mass is 10.1. The lowest BCUT2D eigenvalue weighted by Gasteiger charge is -2.16. The molecule has 0 rings (SSSR count). The maximum atomic E-state index is 11.8. The molecule has 0 aromatic carbocycles. The third-order valence-electron chi connectivity index (χ3n) is 4.35. The Bertz CT molecular complexity index is 653. The quantitative estimate of drug-likeness (QED) is 0.103. The number of hydrogen-bond donors (Lipinski definition) is 4. The molecule has 0 radical (unpaired) electrons. The SMILES string of the molecule is CC(C)=CCCC(C)=CCCC(C)=CCSC[C@H](NC(=O)CCC(N)=O)C(=O)NN. The molecule has 0 saturated carbocycles. The van der Waals surface area contributed by atoms with Gasteiger partial charge in [-0.1, -0.05) is 34.9 Å². The first kappa shape index (κ1) is 27.9. The standard InChI is InChI=1S/C22H38N4O3S/c1-16(2)7-5-8-17(3)9-6-10-18(4)13-14-30-15-19(22(29)26-24)25-21(28)12-11-20(23)27/h7,9,13,19H,5-6,8,10-12,14-15,24H2,1-4H3,(H2,23,27)(H,25,28)(H,26,29)/t19-/m0/s1. The number of carbonyl (C=O) groups excluding carboxylic acids is 3. The zero-order valence-electron chi connectivity index (χ0n) is 18.8. The second kappa shape index (κ2) is 16.7. The molecule has 8 heteroatoms. The van der Waals surface area contributed by atoms with Crippen LogP contribution in [0.3, 0.4) is 0 Å². The fourth-order valence-corrected chi connectivity index (χ4v) is 3.52. The van der Waals surface area contributed by atoms with E-state index in [1.807, 2.05) is 0 Å². The smallest absolute Gasteiger partial charge is 0.257 e. The average Bonchev–Trinajstić information content (AvgIpc) is 2.67. The maximum Gasteiger partial charge on any atom is 0.257 e. The number of rotatable bonds is 15. The van der Waals surface area contributed by atoms with Gasteiger partial charge in [-0.05, 0) is 53.4 Å². The Morgan fingerprint density at radius 2 is 1.50 bits per heavy atom. The van der Waals surface area contributed by atoms with Gasteiger partial charge in [-0.2, -0.15) is 11.8 Å². The molecule has 1 atom stereocenters. The van der Waals surface area contributed by atoms with Crippen molar-refractivity contribution in [3.63, 3.8) is 0 Å². The summed E-state index contributed by atoms with van der Waals surface area (Å²) in [5.74, 6) is 4.89. The predicted octanol–water partition coefficient (Wildman–Crippen LogP) is 2.88. The fourth-order valence-electron chi connectivity index (χ4n) is 2.51. The number of primary amides is 1. The zero-order valence-corrected chi connectivity index (χ0v) is 19.6. The van der Waals surface area contributed by atoms with E-state index in [-0.39, 0.29) is 12.8 Å². The summed E-state index contributed by atoms with van der Waals surface area (Å²) in [6.07, 6.45) is 10.8. The molecule has 0 saturated heterocycles. The first-order valence-electron chi connectivity index (χ1n) is 10.3. The van der Waals surface area contributed by atoms with Crippen LogP contribution in [0.1, 0.15) is 66.2 Å². The number of hydrazine groups is 1. The zero-order chi connectivity index (χ0) is 22.9. The van der Waals surface area contributed by atoms with Crippen molar-refractivity contribution in [3.05, 3.63) is 34.9 Å². The van der Waals surface area contributed by atoms with Crippen molar-refractivity contribution >= 4 is 29.5 Å². The Balaban J connectivity index is 4.32. The van der Waals surface area contributed by atoms with E-state index in [1.54, 1.807) is 0 Å². The third kappa shape index (κ3) is 15.8. The summed E-state index contributed by atoms with van der Waals surface area (Å²) in [6, 6.07) is -0.750. The molecule has 170 valence electrons. The van der Waals surface area contributed by atoms with Crippen molar-refractivity contribution in [1.29, 1.82) is 0 Å². The lowest BCUT2D eigenvalue weighted by Crippen LogP contribution is -2.50. The van der Waals surface area contributed by atoms with Crippen LogP contribution in [-0.2, 0) is 14.4 Å². The molecule has 0 heterocycles. The Morgan fingerprint density at radius 3 is 2.07 bits per heavy atom. The van der Waals surface area contributed by atoms with Crippen LogP contribution in [0.4, 0.5) is 0 Å². The van der Waals surface area contributed by atoms with E-state index >= 15 is 0 Å². The average molecular weight is 439 g/mol. The van der Waals surface area contributed by atoms with Crippen LogP contribution in [0.2, 0.25) is 0 Å². The molecule has 0 aliphatic rings. The molecular formula is C22H38N4O3S. The number of nitrogens with one attached hydrogen (secondary N) is 2. The number of amides is 3. The van der Waals surface area contributed by atoms with E-state index in [9.17, 15) is 14.4 Å². The van der Waals surface area contributed by atoms with E-state index in [4.69, 9.17) is 11.6 Å². The first-order chi connectivity index (χ1) is 14.1. The molecule has 3 amide bonds. The van der Waals surface area contributed by atoms with Crippen LogP contribution in [0.5, 0.6) is 0 Å². The van der Waals surface area contributed by atoms with Gasteiger partial charge in [-0.15, -0.1) is 0 Å². The van der Waals surface area contributed by atoms with Gasteiger partial charge in [-0.3, -0.25) is 19.8 Å². The van der Waals surface area contributed by atoms with Gasteiger partial charge in [0.05, 0.1) is 0 Å². The van der Waals surface area contributed by atoms with Crippen LogP contribution in [0.15, 0.2) is 34.9 Å². The predicted molar refractivity (Wildman–Crippen MR) is 125 cm³/mol. The van der Waals surface area contributed by atoms with Gasteiger partial charge in [0.2, 0.25) is 11.8 Å². The molecular weight excluding hydrogens is 400 g/mol. The minimum atomic E-state index is -0.750. The highest BCUT2D eigenvalue weighted by molar-refractivity contribution is 7.99. The highest BCUT2D eigenvalue weighted by Crippen LogP contribution is 2.13. The largest absolute Gasteiger partial charge is 0.370 e. The van der Waals surface area contributed by atoms with Crippen molar-refractivity contribution in [1.82, 2.24) is 10.7 Å². The summed E-state index contributed by atoms with van der Waals surface area (Å²) in [5, 5.41) is 2.59. The monoisotopic (exact) mass is 438 g/mol. The number of allylic oxidation sites excluding steroid dienone is 5. The molecule has 0 aromatic heterocycles. The summed E-state index contributed by atoms with van der Waals surface area (Å²) in [7, 11) is 0. The second-order valence-electron chi connectivity index (χ2n) is 7.59. The van der Waals surface area contributed by atoms with Gasteiger partial charge in [0.15, 0.2) is 0 Å². The van der Waals surface area contributed by atoms with E-state index in [0.717, 1.165) is 31.4 Å². The van der Waals surface area contributed by atoms with Crippen LogP contribution >= 0.6 is 11.8 Å². The normalized spacial score (nSPS) is 12.8. The number of hydrogen-bond acceptors (Lipinski definition) is 5. The summed E-state index contributed by atoms with van der Waals surface area (Å²) in [5.41, 5.74) is 11.2. The molecule has 0 bridgehead atoms. The topological polar surface area (TPSA) is 127 Å². The van der Waals surface area contributed by atoms with Gasteiger partial charge in [0, 0.05) is 24.3 Å².